The van der Waals surface area contributed by atoms with Crippen molar-refractivity contribution in [3.8, 4) is 0 Å². The van der Waals surface area contributed by atoms with Gasteiger partial charge in [0.15, 0.2) is 0 Å². The Hall–Kier alpha value is -2.95. The van der Waals surface area contributed by atoms with Crippen molar-refractivity contribution in [1.82, 2.24) is 5.32 Å². The molecule has 0 unspecified atom stereocenters. The van der Waals surface area contributed by atoms with Crippen LogP contribution in [0.1, 0.15) is 36.0 Å². The fraction of sp³-hybridized carbons (Fsp3) is 0.269. The van der Waals surface area contributed by atoms with Crippen LogP contribution in [0.15, 0.2) is 91.0 Å². The molecule has 30 heavy (non-hydrogen) atoms. The normalized spacial score (nSPS) is 13.0. The Morgan fingerprint density at radius 3 is 1.90 bits per heavy atom. The van der Waals surface area contributed by atoms with E-state index in [4.69, 9.17) is 10.5 Å². The molecule has 4 heteroatoms. The van der Waals surface area contributed by atoms with Gasteiger partial charge in [-0.25, -0.2) is 0 Å². The molecule has 0 bridgehead atoms. The molecule has 0 aliphatic heterocycles. The first kappa shape index (κ1) is 21.8. The molecule has 0 aliphatic rings. The van der Waals surface area contributed by atoms with Crippen LogP contribution in [0.25, 0.3) is 0 Å². The zero-order chi connectivity index (χ0) is 21.2. The SMILES string of the molecule is C[C@@H](OCc1ccccc1)[C@H](N)C(=O)NCCC(c1ccccc1)c1ccccc1. The quantitative estimate of drug-likeness (QED) is 0.533. The molecule has 3 aromatic rings. The maximum Gasteiger partial charge on any atom is 0.239 e. The standard InChI is InChI=1S/C26H30N2O2/c1-20(30-19-21-11-5-2-6-12-21)25(27)26(29)28-18-17-24(22-13-7-3-8-14-22)23-15-9-4-10-16-23/h2-16,20,24-25H,17-19,27H2,1H3,(H,28,29)/t20-,25+/m1/s1. The fourth-order valence-corrected chi connectivity index (χ4v) is 3.47. The molecular formula is C26H30N2O2. The minimum absolute atomic E-state index is 0.185. The number of ether oxygens (including phenoxy) is 1. The first-order valence-electron chi connectivity index (χ1n) is 10.4. The predicted molar refractivity (Wildman–Crippen MR) is 121 cm³/mol. The Morgan fingerprint density at radius 2 is 1.37 bits per heavy atom. The Labute approximate surface area is 179 Å². The second kappa shape index (κ2) is 11.3. The lowest BCUT2D eigenvalue weighted by atomic mass is 9.88. The van der Waals surface area contributed by atoms with E-state index in [9.17, 15) is 4.79 Å². The van der Waals surface area contributed by atoms with Gasteiger partial charge in [0, 0.05) is 12.5 Å². The zero-order valence-corrected chi connectivity index (χ0v) is 17.4. The lowest BCUT2D eigenvalue weighted by Crippen LogP contribution is -2.48. The average Bonchev–Trinajstić information content (AvgIpc) is 2.81. The average molecular weight is 403 g/mol. The minimum atomic E-state index is -0.708. The maximum absolute atomic E-state index is 12.5. The van der Waals surface area contributed by atoms with E-state index in [0.717, 1.165) is 12.0 Å². The summed E-state index contributed by atoms with van der Waals surface area (Å²) >= 11 is 0. The highest BCUT2D eigenvalue weighted by Gasteiger charge is 2.22. The highest BCUT2D eigenvalue weighted by atomic mass is 16.5. The largest absolute Gasteiger partial charge is 0.372 e. The van der Waals surface area contributed by atoms with Crippen LogP contribution in [0.4, 0.5) is 0 Å². The van der Waals surface area contributed by atoms with E-state index in [1.165, 1.54) is 11.1 Å². The molecule has 2 atom stereocenters. The van der Waals surface area contributed by atoms with Crippen molar-refractivity contribution >= 4 is 5.91 Å². The van der Waals surface area contributed by atoms with Gasteiger partial charge >= 0.3 is 0 Å². The van der Waals surface area contributed by atoms with Gasteiger partial charge in [-0.1, -0.05) is 91.0 Å². The highest BCUT2D eigenvalue weighted by molar-refractivity contribution is 5.82. The topological polar surface area (TPSA) is 64.3 Å². The van der Waals surface area contributed by atoms with Crippen LogP contribution in [-0.2, 0) is 16.1 Å². The number of benzene rings is 3. The molecule has 4 nitrogen and oxygen atoms in total. The van der Waals surface area contributed by atoms with E-state index in [-0.39, 0.29) is 17.9 Å². The molecule has 0 fully saturated rings. The van der Waals surface area contributed by atoms with Crippen LogP contribution in [0.5, 0.6) is 0 Å². The third kappa shape index (κ3) is 6.28. The van der Waals surface area contributed by atoms with E-state index < -0.39 is 6.04 Å². The van der Waals surface area contributed by atoms with Crippen LogP contribution in [0.3, 0.4) is 0 Å². The predicted octanol–water partition coefficient (Wildman–Crippen LogP) is 4.26. The van der Waals surface area contributed by atoms with Crippen LogP contribution >= 0.6 is 0 Å². The number of amides is 1. The third-order valence-electron chi connectivity index (χ3n) is 5.30. The van der Waals surface area contributed by atoms with Crippen molar-refractivity contribution in [3.63, 3.8) is 0 Å². The molecule has 3 rings (SSSR count). The van der Waals surface area contributed by atoms with Crippen LogP contribution in [-0.4, -0.2) is 24.6 Å². The molecule has 3 aromatic carbocycles. The summed E-state index contributed by atoms with van der Waals surface area (Å²) in [4.78, 5) is 12.5. The van der Waals surface area contributed by atoms with Gasteiger partial charge < -0.3 is 15.8 Å². The molecule has 0 heterocycles. The lowest BCUT2D eigenvalue weighted by molar-refractivity contribution is -0.125. The second-order valence-corrected chi connectivity index (χ2v) is 7.48. The molecule has 0 radical (unpaired) electrons. The van der Waals surface area contributed by atoms with Crippen molar-refractivity contribution in [1.29, 1.82) is 0 Å². The summed E-state index contributed by atoms with van der Waals surface area (Å²) in [5, 5.41) is 2.99. The third-order valence-corrected chi connectivity index (χ3v) is 5.30. The van der Waals surface area contributed by atoms with E-state index >= 15 is 0 Å². The summed E-state index contributed by atoms with van der Waals surface area (Å²) in [5.74, 6) is 0.0334. The van der Waals surface area contributed by atoms with Gasteiger partial charge in [0.05, 0.1) is 12.7 Å². The molecule has 0 saturated carbocycles. The molecular weight excluding hydrogens is 372 g/mol. The molecule has 0 saturated heterocycles. The van der Waals surface area contributed by atoms with Gasteiger partial charge in [0.1, 0.15) is 6.04 Å². The van der Waals surface area contributed by atoms with E-state index in [2.05, 4.69) is 29.6 Å². The van der Waals surface area contributed by atoms with Gasteiger partial charge in [-0.05, 0) is 30.0 Å². The van der Waals surface area contributed by atoms with Gasteiger partial charge in [-0.2, -0.15) is 0 Å². The maximum atomic E-state index is 12.5. The second-order valence-electron chi connectivity index (χ2n) is 7.48. The summed E-state index contributed by atoms with van der Waals surface area (Å²) in [7, 11) is 0. The van der Waals surface area contributed by atoms with Crippen molar-refractivity contribution in [3.05, 3.63) is 108 Å². The Kier molecular flexibility index (Phi) is 8.19. The number of hydrogen-bond acceptors (Lipinski definition) is 3. The molecule has 156 valence electrons. The number of nitrogens with one attached hydrogen (secondary N) is 1. The summed E-state index contributed by atoms with van der Waals surface area (Å²) < 4.78 is 5.79. The van der Waals surface area contributed by atoms with Crippen LogP contribution < -0.4 is 11.1 Å². The lowest BCUT2D eigenvalue weighted by Gasteiger charge is -2.22. The van der Waals surface area contributed by atoms with Gasteiger partial charge in [-0.15, -0.1) is 0 Å². The number of carbonyl (C=O) groups excluding carboxylic acids is 1. The number of carbonyl (C=O) groups is 1. The van der Waals surface area contributed by atoms with Crippen LogP contribution in [0.2, 0.25) is 0 Å². The van der Waals surface area contributed by atoms with Crippen molar-refractivity contribution in [2.45, 2.75) is 38.0 Å². The first-order valence-corrected chi connectivity index (χ1v) is 10.4. The van der Waals surface area contributed by atoms with E-state index in [0.29, 0.717) is 13.2 Å². The van der Waals surface area contributed by atoms with Crippen LogP contribution in [0, 0.1) is 0 Å². The summed E-state index contributed by atoms with van der Waals surface area (Å²) in [5.41, 5.74) is 9.66. The smallest absolute Gasteiger partial charge is 0.239 e. The molecule has 0 spiro atoms. The monoisotopic (exact) mass is 402 g/mol. The molecule has 1 amide bonds. The summed E-state index contributed by atoms with van der Waals surface area (Å²) in [6.45, 7) is 2.82. The number of hydrogen-bond donors (Lipinski definition) is 2. The van der Waals surface area contributed by atoms with Gasteiger partial charge in [0.25, 0.3) is 0 Å². The molecule has 3 N–H and O–H groups in total. The zero-order valence-electron chi connectivity index (χ0n) is 17.4. The van der Waals surface area contributed by atoms with E-state index in [1.54, 1.807) is 0 Å². The van der Waals surface area contributed by atoms with Gasteiger partial charge in [-0.3, -0.25) is 4.79 Å². The summed E-state index contributed by atoms with van der Waals surface area (Å²) in [6, 6.07) is 29.9. The van der Waals surface area contributed by atoms with Crippen molar-refractivity contribution in [2.24, 2.45) is 5.73 Å². The fourth-order valence-electron chi connectivity index (χ4n) is 3.47. The highest BCUT2D eigenvalue weighted by Crippen LogP contribution is 2.27. The summed E-state index contributed by atoms with van der Waals surface area (Å²) in [6.07, 6.45) is 0.426. The Balaban J connectivity index is 1.52. The number of rotatable bonds is 10. The molecule has 0 aliphatic carbocycles. The van der Waals surface area contributed by atoms with Crippen molar-refractivity contribution < 1.29 is 9.53 Å². The molecule has 0 aromatic heterocycles. The first-order chi connectivity index (χ1) is 14.6. The van der Waals surface area contributed by atoms with Gasteiger partial charge in [0.2, 0.25) is 5.91 Å². The Morgan fingerprint density at radius 1 is 0.867 bits per heavy atom. The Bertz CT molecular complexity index is 845. The minimum Gasteiger partial charge on any atom is -0.372 e. The van der Waals surface area contributed by atoms with E-state index in [1.807, 2.05) is 73.7 Å². The van der Waals surface area contributed by atoms with Crippen molar-refractivity contribution in [2.75, 3.05) is 6.54 Å². The number of nitrogens with two attached hydrogens (primary N) is 1.